The Morgan fingerprint density at radius 2 is 1.92 bits per heavy atom. The van der Waals surface area contributed by atoms with Crippen molar-refractivity contribution in [1.82, 2.24) is 0 Å². The lowest BCUT2D eigenvalue weighted by atomic mass is 10.3. The van der Waals surface area contributed by atoms with E-state index in [2.05, 4.69) is 6.92 Å². The molecule has 0 saturated heterocycles. The van der Waals surface area contributed by atoms with E-state index >= 15 is 0 Å². The van der Waals surface area contributed by atoms with Crippen LogP contribution in [0.4, 0.5) is 0 Å². The van der Waals surface area contributed by atoms with E-state index < -0.39 is 0 Å². The third-order valence-electron chi connectivity index (χ3n) is 1.75. The molecule has 0 aliphatic carbocycles. The quantitative estimate of drug-likeness (QED) is 0.591. The summed E-state index contributed by atoms with van der Waals surface area (Å²) in [6.45, 7) is 7.78. The second-order valence-electron chi connectivity index (χ2n) is 3.28. The second kappa shape index (κ2) is 8.48. The third-order valence-corrected chi connectivity index (χ3v) is 1.75. The molecule has 0 aliphatic rings. The number of rotatable bonds is 8. The van der Waals surface area contributed by atoms with E-state index in [1.165, 1.54) is 0 Å². The van der Waals surface area contributed by atoms with Crippen molar-refractivity contribution in [2.45, 2.75) is 45.8 Å². The van der Waals surface area contributed by atoms with Gasteiger partial charge in [-0.2, -0.15) is 0 Å². The van der Waals surface area contributed by atoms with Crippen LogP contribution in [0.3, 0.4) is 0 Å². The van der Waals surface area contributed by atoms with E-state index in [9.17, 15) is 5.11 Å². The molecule has 0 aromatic rings. The minimum Gasteiger partial charge on any atom is -0.391 e. The Kier molecular flexibility index (Phi) is 8.40. The molecule has 0 fully saturated rings. The van der Waals surface area contributed by atoms with Gasteiger partial charge in [0, 0.05) is 6.61 Å². The maximum absolute atomic E-state index is 9.21. The number of aliphatic hydroxyl groups is 1. The van der Waals surface area contributed by atoms with E-state index in [4.69, 9.17) is 9.47 Å². The standard InChI is InChI=1S/C10H22O3/c1-4-6-12-7-9(3)13-8-10(11)5-2/h9-11H,4-8H2,1-3H3. The Bertz CT molecular complexity index is 106. The molecule has 0 aromatic carbocycles. The van der Waals surface area contributed by atoms with Gasteiger partial charge in [0.05, 0.1) is 25.4 Å². The molecule has 0 spiro atoms. The molecular formula is C10H22O3. The normalized spacial score (nSPS) is 15.7. The summed E-state index contributed by atoms with van der Waals surface area (Å²) in [7, 11) is 0. The van der Waals surface area contributed by atoms with E-state index in [-0.39, 0.29) is 12.2 Å². The van der Waals surface area contributed by atoms with Gasteiger partial charge in [0.1, 0.15) is 0 Å². The monoisotopic (exact) mass is 190 g/mol. The number of ether oxygens (including phenoxy) is 2. The summed E-state index contributed by atoms with van der Waals surface area (Å²) < 4.78 is 10.7. The van der Waals surface area contributed by atoms with Gasteiger partial charge >= 0.3 is 0 Å². The van der Waals surface area contributed by atoms with Crippen LogP contribution >= 0.6 is 0 Å². The van der Waals surface area contributed by atoms with Crippen molar-refractivity contribution in [1.29, 1.82) is 0 Å². The van der Waals surface area contributed by atoms with Gasteiger partial charge in [-0.05, 0) is 19.8 Å². The van der Waals surface area contributed by atoms with Crippen LogP contribution in [0.15, 0.2) is 0 Å². The molecule has 0 bridgehead atoms. The van der Waals surface area contributed by atoms with Crippen LogP contribution in [0.25, 0.3) is 0 Å². The van der Waals surface area contributed by atoms with Crippen molar-refractivity contribution in [2.24, 2.45) is 0 Å². The molecule has 0 heterocycles. The summed E-state index contributed by atoms with van der Waals surface area (Å²) in [4.78, 5) is 0. The van der Waals surface area contributed by atoms with Crippen molar-refractivity contribution >= 4 is 0 Å². The fourth-order valence-electron chi connectivity index (χ4n) is 0.835. The van der Waals surface area contributed by atoms with Gasteiger partial charge in [0.25, 0.3) is 0 Å². The van der Waals surface area contributed by atoms with Crippen LogP contribution in [-0.4, -0.2) is 37.1 Å². The van der Waals surface area contributed by atoms with Gasteiger partial charge in [-0.3, -0.25) is 0 Å². The molecule has 80 valence electrons. The minimum absolute atomic E-state index is 0.0766. The van der Waals surface area contributed by atoms with Gasteiger partial charge in [0.15, 0.2) is 0 Å². The Morgan fingerprint density at radius 1 is 1.23 bits per heavy atom. The molecule has 13 heavy (non-hydrogen) atoms. The Hall–Kier alpha value is -0.120. The largest absolute Gasteiger partial charge is 0.391 e. The van der Waals surface area contributed by atoms with Gasteiger partial charge in [-0.1, -0.05) is 13.8 Å². The average Bonchev–Trinajstić information content (AvgIpc) is 2.14. The van der Waals surface area contributed by atoms with Crippen LogP contribution in [0.2, 0.25) is 0 Å². The summed E-state index contributed by atoms with van der Waals surface area (Å²) in [5.41, 5.74) is 0. The van der Waals surface area contributed by atoms with Crippen LogP contribution in [0.5, 0.6) is 0 Å². The summed E-state index contributed by atoms with van der Waals surface area (Å²) in [5, 5.41) is 9.21. The number of aliphatic hydroxyl groups excluding tert-OH is 1. The highest BCUT2D eigenvalue weighted by Gasteiger charge is 2.05. The molecule has 2 unspecified atom stereocenters. The van der Waals surface area contributed by atoms with Crippen molar-refractivity contribution in [3.8, 4) is 0 Å². The molecule has 0 aromatic heterocycles. The van der Waals surface area contributed by atoms with Crippen molar-refractivity contribution in [2.75, 3.05) is 19.8 Å². The zero-order valence-electron chi connectivity index (χ0n) is 8.95. The molecule has 0 amide bonds. The molecule has 3 nitrogen and oxygen atoms in total. The predicted octanol–water partition coefficient (Wildman–Crippen LogP) is 1.59. The highest BCUT2D eigenvalue weighted by molar-refractivity contribution is 4.53. The Balaban J connectivity index is 3.24. The fourth-order valence-corrected chi connectivity index (χ4v) is 0.835. The van der Waals surface area contributed by atoms with Crippen LogP contribution < -0.4 is 0 Å². The van der Waals surface area contributed by atoms with Crippen LogP contribution in [-0.2, 0) is 9.47 Å². The van der Waals surface area contributed by atoms with Gasteiger partial charge in [-0.25, -0.2) is 0 Å². The van der Waals surface area contributed by atoms with Crippen LogP contribution in [0, 0.1) is 0 Å². The zero-order valence-corrected chi connectivity index (χ0v) is 8.95. The Labute approximate surface area is 81.0 Å². The lowest BCUT2D eigenvalue weighted by Gasteiger charge is -2.15. The van der Waals surface area contributed by atoms with Crippen molar-refractivity contribution in [3.63, 3.8) is 0 Å². The van der Waals surface area contributed by atoms with Crippen LogP contribution in [0.1, 0.15) is 33.6 Å². The second-order valence-corrected chi connectivity index (χ2v) is 3.28. The maximum Gasteiger partial charge on any atom is 0.0781 e. The topological polar surface area (TPSA) is 38.7 Å². The predicted molar refractivity (Wildman–Crippen MR) is 52.8 cm³/mol. The summed E-state index contributed by atoms with van der Waals surface area (Å²) in [6, 6.07) is 0. The zero-order chi connectivity index (χ0) is 10.1. The highest BCUT2D eigenvalue weighted by atomic mass is 16.5. The first kappa shape index (κ1) is 12.9. The first-order chi connectivity index (χ1) is 6.20. The number of hydrogen-bond donors (Lipinski definition) is 1. The molecule has 3 heteroatoms. The minimum atomic E-state index is -0.339. The van der Waals surface area contributed by atoms with Gasteiger partial charge < -0.3 is 14.6 Å². The molecule has 1 N–H and O–H groups in total. The summed E-state index contributed by atoms with van der Waals surface area (Å²) >= 11 is 0. The van der Waals surface area contributed by atoms with Gasteiger partial charge in [0.2, 0.25) is 0 Å². The molecule has 0 aliphatic heterocycles. The first-order valence-electron chi connectivity index (χ1n) is 5.08. The molecule has 0 rings (SSSR count). The van der Waals surface area contributed by atoms with E-state index in [0.29, 0.717) is 13.2 Å². The first-order valence-corrected chi connectivity index (χ1v) is 5.08. The molecule has 0 radical (unpaired) electrons. The summed E-state index contributed by atoms with van der Waals surface area (Å²) in [5.74, 6) is 0. The third kappa shape index (κ3) is 8.22. The fraction of sp³-hybridized carbons (Fsp3) is 1.00. The average molecular weight is 190 g/mol. The van der Waals surface area contributed by atoms with Gasteiger partial charge in [-0.15, -0.1) is 0 Å². The van der Waals surface area contributed by atoms with E-state index in [0.717, 1.165) is 19.4 Å². The smallest absolute Gasteiger partial charge is 0.0781 e. The van der Waals surface area contributed by atoms with Crippen molar-refractivity contribution < 1.29 is 14.6 Å². The maximum atomic E-state index is 9.21. The molecule has 2 atom stereocenters. The lowest BCUT2D eigenvalue weighted by molar-refractivity contribution is -0.0409. The van der Waals surface area contributed by atoms with E-state index in [1.807, 2.05) is 13.8 Å². The number of hydrogen-bond acceptors (Lipinski definition) is 3. The van der Waals surface area contributed by atoms with E-state index in [1.54, 1.807) is 0 Å². The molecular weight excluding hydrogens is 168 g/mol. The molecule has 0 saturated carbocycles. The SMILES string of the molecule is CCCOCC(C)OCC(O)CC. The summed E-state index contributed by atoms with van der Waals surface area (Å²) in [6.07, 6.45) is 1.51. The Morgan fingerprint density at radius 3 is 2.46 bits per heavy atom. The highest BCUT2D eigenvalue weighted by Crippen LogP contribution is 1.97. The lowest BCUT2D eigenvalue weighted by Crippen LogP contribution is -2.22. The van der Waals surface area contributed by atoms with Crippen molar-refractivity contribution in [3.05, 3.63) is 0 Å².